The number of furan rings is 4. The number of ether oxygens (including phenoxy) is 8. The van der Waals surface area contributed by atoms with Gasteiger partial charge in [-0.15, -0.1) is 0 Å². The molecule has 1 saturated heterocycles. The molecule has 3 amide bonds. The fourth-order valence-corrected chi connectivity index (χ4v) is 15.3. The second-order valence-corrected chi connectivity index (χ2v) is 39.0. The van der Waals surface area contributed by atoms with Crippen molar-refractivity contribution in [2.75, 3.05) is 19.8 Å². The number of carbonyl (C=O) groups is 6. The molecule has 9 N–H and O–H groups in total. The van der Waals surface area contributed by atoms with Gasteiger partial charge in [0.1, 0.15) is 69.6 Å². The zero-order valence-electron chi connectivity index (χ0n) is 88.0. The molecule has 7 aromatic carbocycles. The molecule has 0 radical (unpaired) electrons. The average molecular weight is 2050 g/mol. The maximum Gasteiger partial charge on any atom is 1.00 e. The third kappa shape index (κ3) is 35.7. The number of pyridine rings is 4. The number of amides is 3. The van der Waals surface area contributed by atoms with E-state index in [2.05, 4.69) is 42.0 Å². The van der Waals surface area contributed by atoms with Gasteiger partial charge in [-0.2, -0.15) is 0 Å². The van der Waals surface area contributed by atoms with E-state index in [9.17, 15) is 44.1 Å². The zero-order valence-corrected chi connectivity index (χ0v) is 88.8. The maximum absolute atomic E-state index is 12.1. The smallest absolute Gasteiger partial charge is 0.870 e. The number of hydrogen-bond acceptors (Lipinski definition) is 29. The van der Waals surface area contributed by atoms with Gasteiger partial charge in [-0.1, -0.05) is 54.1 Å². The summed E-state index contributed by atoms with van der Waals surface area (Å²) in [5, 5.41) is 40.8. The number of alkyl carbamates (subject to hydrolysis) is 3. The van der Waals surface area contributed by atoms with E-state index in [0.717, 1.165) is 138 Å². The van der Waals surface area contributed by atoms with Gasteiger partial charge in [-0.25, -0.2) is 14.4 Å². The number of aromatic nitrogens is 4. The van der Waals surface area contributed by atoms with Crippen molar-refractivity contribution >= 4 is 104 Å². The fraction of sp³-hybridized carbons (Fsp3) is 0.333. The summed E-state index contributed by atoms with van der Waals surface area (Å²) in [5.41, 5.74) is 24.4. The number of nitrogens with zero attached hydrogens (tertiary/aromatic N) is 4. The first-order valence-corrected chi connectivity index (χ1v) is 48.6. The first kappa shape index (κ1) is 118. The molecule has 16 rings (SSSR count). The van der Waals surface area contributed by atoms with Crippen molar-refractivity contribution in [2.45, 2.75) is 231 Å². The average Bonchev–Trinajstić information content (AvgIpc) is 1.61. The molecule has 0 atom stereocenters. The van der Waals surface area contributed by atoms with E-state index in [-0.39, 0.29) is 93.6 Å². The number of rotatable bonds is 28. The number of aromatic hydroxyl groups is 1. The second-order valence-electron chi connectivity index (χ2n) is 38.6. The molecule has 1 fully saturated rings. The predicted octanol–water partition coefficient (Wildman–Crippen LogP) is 19.1. The van der Waals surface area contributed by atoms with E-state index in [1.807, 2.05) is 256 Å². The number of nitrogens with two attached hydrogens (primary N) is 1. The van der Waals surface area contributed by atoms with E-state index >= 15 is 0 Å². The number of halogens is 1. The van der Waals surface area contributed by atoms with Crippen LogP contribution >= 0.6 is 11.6 Å². The number of esters is 3. The largest absolute Gasteiger partial charge is 1.00 e. The molecule has 1 aliphatic heterocycles. The van der Waals surface area contributed by atoms with Gasteiger partial charge in [0.25, 0.3) is 0 Å². The molecule has 1 aliphatic rings. The second kappa shape index (κ2) is 54.5. The van der Waals surface area contributed by atoms with Crippen LogP contribution in [0.2, 0.25) is 5.02 Å². The minimum atomic E-state index is -0.579. The standard InChI is InChI=1S/C31H34N2O6.C26H26N2O4.C20H22N2O4.C15H19BO4.C11H15ClN2O2.C11H14O3.Li.H2O/c1-6-36-28(34)17-23-8-7-20(2)13-27(23)38-19-21-14-24-10-12-37-29(24)26(15-21)22-9-11-32-25(16-22)18-33-30(35)39-31(3,4)5;1-3-30-25(29)14-20-5-4-17(2)10-24(20)32-16-18-11-21-7-9-31-26(21)23(12-18)19-6-8-28-22(13-19)15-27;1-20(2,3)26-19(24)22-11-16-10-14(4-6-21-16)17-9-13(12-23)8-15-5-7-25-18(15)17;1-14(2)15(3,4)20-16(19-14)12-8-10(9-17)7-11-5-6-18-13(11)12;1-11(2,3)16-10(15)14-7-9-6-8(12)4-5-13-9;1-3-14-11(13)7-9-5-4-8(2)6-10(9)12;;/h7-16H,6,17-19H2,1-5H3,(H,33,35);4-13H,3,14-16,27H2,1-2H3;4-10,23H,11-12H2,1-3H3,(H,22,24);5-8,17H,9H2,1-4H3;4-6H,7H2,1-3H3,(H,14,15);4-6,12H,3,7H2,1-2H3;;1H2/q;;;;;;+1;/p-1. The molecule has 0 unspecified atom stereocenters. The Balaban J connectivity index is 0.000000205. The molecule has 0 saturated carbocycles. The number of aryl methyl sites for hydroxylation is 3. The number of carbonyl (C=O) groups excluding carboxylic acids is 6. The van der Waals surface area contributed by atoms with Crippen LogP contribution in [0.25, 0.3) is 77.3 Å². The molecular formula is C114H131BClLiN8O24. The number of hydrogen-bond donors (Lipinski definition) is 7. The van der Waals surface area contributed by atoms with Crippen molar-refractivity contribution in [3.8, 4) is 50.6 Å². The normalized spacial score (nSPS) is 12.2. The van der Waals surface area contributed by atoms with E-state index < -0.39 is 53.4 Å². The van der Waals surface area contributed by atoms with Gasteiger partial charge in [0.15, 0.2) is 0 Å². The molecule has 782 valence electrons. The Bertz CT molecular complexity index is 7020. The molecule has 149 heavy (non-hydrogen) atoms. The number of phenolic OH excluding ortho intramolecular Hbond substituents is 1. The van der Waals surface area contributed by atoms with Gasteiger partial charge >= 0.3 is 62.2 Å². The third-order valence-electron chi connectivity index (χ3n) is 22.5. The Kier molecular flexibility index (Phi) is 43.2. The van der Waals surface area contributed by atoms with E-state index in [0.29, 0.717) is 85.3 Å². The minimum Gasteiger partial charge on any atom is -0.870 e. The SMILES string of the molecule is CC(C)(C)OC(=O)NCc1cc(-c2cc(CO)cc3ccoc23)ccn1.CC(C)(C)OC(=O)NCc1cc(Cl)ccn1.CC1(C)OB(c2cc(CO)cc3ccoc23)OC1(C)C.CCOC(=O)Cc1ccc(C)cc1O.CCOC(=O)Cc1ccc(C)cc1OCc1cc(-c2ccnc(CN)c2)c2occc2c1.CCOC(=O)Cc1ccc(C)cc1OCc1cc(-c2ccnc(CNC(=O)OC(C)(C)C)c2)c2occc2c1.[Li+].[OH-]. The first-order chi connectivity index (χ1) is 69.9. The van der Waals surface area contributed by atoms with E-state index in [1.54, 1.807) is 94.9 Å². The van der Waals surface area contributed by atoms with Crippen LogP contribution in [-0.2, 0) is 124 Å². The molecular weight excluding hydrogens is 1920 g/mol. The Morgan fingerprint density at radius 2 is 0.732 bits per heavy atom. The molecule has 9 heterocycles. The molecule has 0 bridgehead atoms. The zero-order chi connectivity index (χ0) is 107. The van der Waals surface area contributed by atoms with Gasteiger partial charge in [-0.3, -0.25) is 34.3 Å². The first-order valence-electron chi connectivity index (χ1n) is 48.2. The van der Waals surface area contributed by atoms with Crippen LogP contribution < -0.4 is 55.5 Å². The van der Waals surface area contributed by atoms with Gasteiger partial charge in [0, 0.05) is 96.7 Å². The molecule has 0 spiro atoms. The maximum atomic E-state index is 12.1. The summed E-state index contributed by atoms with van der Waals surface area (Å²) in [4.78, 5) is 87.4. The fourth-order valence-electron chi connectivity index (χ4n) is 15.1. The van der Waals surface area contributed by atoms with Crippen molar-refractivity contribution in [3.63, 3.8) is 0 Å². The van der Waals surface area contributed by atoms with Crippen molar-refractivity contribution in [2.24, 2.45) is 5.73 Å². The van der Waals surface area contributed by atoms with Crippen LogP contribution in [0.5, 0.6) is 17.2 Å². The quantitative estimate of drug-likeness (QED) is 0.0136. The Morgan fingerprint density at radius 1 is 0.409 bits per heavy atom. The summed E-state index contributed by atoms with van der Waals surface area (Å²) in [5.74, 6) is 0.613. The van der Waals surface area contributed by atoms with Crippen LogP contribution in [0, 0.1) is 20.8 Å². The summed E-state index contributed by atoms with van der Waals surface area (Å²) in [6, 6.07) is 55.0. The van der Waals surface area contributed by atoms with Gasteiger partial charge < -0.3 is 107 Å². The van der Waals surface area contributed by atoms with Crippen molar-refractivity contribution in [3.05, 3.63) is 309 Å². The van der Waals surface area contributed by atoms with Crippen LogP contribution in [0.4, 0.5) is 14.4 Å². The van der Waals surface area contributed by atoms with Crippen LogP contribution in [0.15, 0.2) is 243 Å². The Morgan fingerprint density at radius 3 is 1.09 bits per heavy atom. The number of fused-ring (bicyclic) bond motifs is 4. The van der Waals surface area contributed by atoms with Crippen LogP contribution in [0.1, 0.15) is 189 Å². The van der Waals surface area contributed by atoms with Crippen LogP contribution in [0.3, 0.4) is 0 Å². The van der Waals surface area contributed by atoms with Crippen molar-refractivity contribution in [1.82, 2.24) is 35.9 Å². The molecule has 8 aromatic heterocycles. The minimum absolute atomic E-state index is 0. The van der Waals surface area contributed by atoms with Gasteiger partial charge in [-0.05, 0) is 321 Å². The number of aliphatic hydroxyl groups excluding tert-OH is 2. The summed E-state index contributed by atoms with van der Waals surface area (Å²) in [6.45, 7) is 38.4. The summed E-state index contributed by atoms with van der Waals surface area (Å²) < 4.78 is 77.9. The third-order valence-corrected chi connectivity index (χ3v) is 22.8. The number of nitrogens with one attached hydrogen (secondary N) is 3. The summed E-state index contributed by atoms with van der Waals surface area (Å²) >= 11 is 5.78. The Hall–Kier alpha value is -14.4. The van der Waals surface area contributed by atoms with Crippen molar-refractivity contribution < 1.29 is 133 Å². The molecule has 15 aromatic rings. The number of phenols is 1. The monoisotopic (exact) mass is 2050 g/mol. The number of aliphatic hydroxyl groups is 2. The van der Waals surface area contributed by atoms with Gasteiger partial charge in [0.05, 0.1) is 131 Å². The molecule has 35 heteroatoms. The molecule has 0 aliphatic carbocycles. The summed E-state index contributed by atoms with van der Waals surface area (Å²) in [7, 11) is -0.486. The van der Waals surface area contributed by atoms with Crippen LogP contribution in [-0.4, -0.2) is 132 Å². The predicted molar refractivity (Wildman–Crippen MR) is 565 cm³/mol. The summed E-state index contributed by atoms with van der Waals surface area (Å²) in [6.07, 6.45) is 12.3. The van der Waals surface area contributed by atoms with Gasteiger partial charge in [0.2, 0.25) is 0 Å². The number of benzene rings is 7. The topological polar surface area (TPSA) is 452 Å². The molecule has 32 nitrogen and oxygen atoms in total. The van der Waals surface area contributed by atoms with Crippen molar-refractivity contribution in [1.29, 1.82) is 0 Å². The van der Waals surface area contributed by atoms with E-state index in [4.69, 9.17) is 82.2 Å². The Labute approximate surface area is 884 Å². The van der Waals surface area contributed by atoms with E-state index in [1.165, 1.54) is 0 Å².